The Kier molecular flexibility index (Phi) is 9.80. The minimum absolute atomic E-state index is 0.218. The van der Waals surface area contributed by atoms with Crippen LogP contribution in [0.4, 0.5) is 0 Å². The van der Waals surface area contributed by atoms with E-state index in [4.69, 9.17) is 0 Å². The van der Waals surface area contributed by atoms with Crippen LogP contribution in [0.5, 0.6) is 0 Å². The van der Waals surface area contributed by atoms with Gasteiger partial charge in [0.25, 0.3) is 0 Å². The molecule has 0 aliphatic carbocycles. The monoisotopic (exact) mass is 654 g/mol. The van der Waals surface area contributed by atoms with Crippen LogP contribution in [0.15, 0.2) is 0 Å². The van der Waals surface area contributed by atoms with Gasteiger partial charge in [-0.25, -0.2) is 0 Å². The fourth-order valence-electron chi connectivity index (χ4n) is 0.0365. The van der Waals surface area contributed by atoms with Gasteiger partial charge in [-0.3, -0.25) is 0 Å². The van der Waals surface area contributed by atoms with E-state index < -0.39 is 0 Å². The Balaban J connectivity index is 2.65. The van der Waals surface area contributed by atoms with Crippen molar-refractivity contribution in [1.82, 2.24) is 0 Å². The van der Waals surface area contributed by atoms with E-state index in [0.29, 0.717) is 0 Å². The summed E-state index contributed by atoms with van der Waals surface area (Å²) < 4.78 is 3.94. The fourth-order valence-corrected chi connectivity index (χ4v) is 24.7. The molecular formula is C2H3Bi3. The van der Waals surface area contributed by atoms with Crippen molar-refractivity contribution in [2.24, 2.45) is 0 Å². The molecule has 0 spiro atoms. The normalized spacial score (nSPS) is 6.40. The van der Waals surface area contributed by atoms with Gasteiger partial charge in [0.15, 0.2) is 0 Å². The summed E-state index contributed by atoms with van der Waals surface area (Å²) in [6.07, 6.45) is 0. The second kappa shape index (κ2) is 6.52. The summed E-state index contributed by atoms with van der Waals surface area (Å²) >= 11 is 3.45. The first-order valence-electron chi connectivity index (χ1n) is 1.18. The van der Waals surface area contributed by atoms with Gasteiger partial charge in [0.2, 0.25) is 0 Å². The van der Waals surface area contributed by atoms with Crippen molar-refractivity contribution in [3.05, 3.63) is 0 Å². The summed E-state index contributed by atoms with van der Waals surface area (Å²) in [5, 5.41) is 0. The van der Waals surface area contributed by atoms with E-state index in [1.165, 1.54) is 24.2 Å². The van der Waals surface area contributed by atoms with Gasteiger partial charge >= 0.3 is 69.1 Å². The molecule has 0 aliphatic rings. The first kappa shape index (κ1) is 7.52. The molecule has 2 radical (unpaired) electrons. The molecule has 0 atom stereocenters. The molecule has 0 aromatic heterocycles. The van der Waals surface area contributed by atoms with Crippen LogP contribution in [0, 0.1) is 0 Å². The molecule has 0 saturated carbocycles. The third kappa shape index (κ3) is 6.52. The van der Waals surface area contributed by atoms with Crippen molar-refractivity contribution in [2.75, 3.05) is 0 Å². The van der Waals surface area contributed by atoms with E-state index in [1.54, 1.807) is 23.4 Å². The molecule has 0 nitrogen and oxygen atoms in total. The van der Waals surface area contributed by atoms with Crippen molar-refractivity contribution in [1.29, 1.82) is 0 Å². The van der Waals surface area contributed by atoms with Crippen molar-refractivity contribution in [3.8, 4) is 0 Å². The van der Waals surface area contributed by atoms with Crippen molar-refractivity contribution in [3.63, 3.8) is 0 Å². The predicted octanol–water partition coefficient (Wildman–Crippen LogP) is -0.837. The summed E-state index contributed by atoms with van der Waals surface area (Å²) in [6, 6.07) is 0. The third-order valence-corrected chi connectivity index (χ3v) is 12.6. The zero-order valence-electron chi connectivity index (χ0n) is 2.63. The van der Waals surface area contributed by atoms with Crippen molar-refractivity contribution >= 4 is 65.0 Å². The molecular weight excluding hydrogens is 651 g/mol. The molecule has 3 heteroatoms. The molecule has 0 aromatic carbocycles. The molecule has 5 heavy (non-hydrogen) atoms. The third-order valence-electron chi connectivity index (χ3n) is 0.163. The van der Waals surface area contributed by atoms with E-state index in [9.17, 15) is 0 Å². The maximum absolute atomic E-state index is 2.40. The van der Waals surface area contributed by atoms with Crippen LogP contribution in [0.2, 0.25) is 4.13 Å². The van der Waals surface area contributed by atoms with Gasteiger partial charge in [-0.2, -0.15) is 0 Å². The van der Waals surface area contributed by atoms with Gasteiger partial charge < -0.3 is 0 Å². The van der Waals surface area contributed by atoms with Crippen LogP contribution in [0.3, 0.4) is 0 Å². The summed E-state index contributed by atoms with van der Waals surface area (Å²) in [5.41, 5.74) is 0. The molecule has 0 amide bonds. The standard InChI is InChI=1S/C2H3.3Bi/c1-2;;;/h1H,2H2;;;. The average molecular weight is 654 g/mol. The molecule has 0 unspecified atom stereocenters. The zero-order valence-corrected chi connectivity index (χ0v) is 13.1. The summed E-state index contributed by atoms with van der Waals surface area (Å²) in [6.45, 7) is 0. The van der Waals surface area contributed by atoms with E-state index in [0.717, 1.165) is 0 Å². The van der Waals surface area contributed by atoms with Crippen molar-refractivity contribution in [2.45, 2.75) is 4.13 Å². The Morgan fingerprint density at radius 1 is 1.80 bits per heavy atom. The quantitative estimate of drug-likeness (QED) is 0.342. The first-order valence-corrected chi connectivity index (χ1v) is 20.8. The van der Waals surface area contributed by atoms with Crippen LogP contribution in [0.25, 0.3) is 0 Å². The molecule has 0 bridgehead atoms. The van der Waals surface area contributed by atoms with Crippen LogP contribution in [-0.4, -0.2) is 65.0 Å². The molecule has 0 heterocycles. The molecule has 26 valence electrons. The Morgan fingerprint density at radius 3 is 2.40 bits per heavy atom. The van der Waals surface area contributed by atoms with Crippen LogP contribution in [-0.2, 0) is 0 Å². The van der Waals surface area contributed by atoms with E-state index in [1.807, 2.05) is 0 Å². The molecule has 0 N–H and O–H groups in total. The molecule has 0 aliphatic heterocycles. The number of rotatable bonds is 2. The van der Waals surface area contributed by atoms with E-state index in [2.05, 4.69) is 3.71 Å². The topological polar surface area (TPSA) is 0 Å². The summed E-state index contributed by atoms with van der Waals surface area (Å²) in [7, 11) is 0. The second-order valence-electron chi connectivity index (χ2n) is 0.507. The summed E-state index contributed by atoms with van der Waals surface area (Å²) in [5.74, 6) is 0. The predicted molar refractivity (Wildman–Crippen MR) is 28.1 cm³/mol. The van der Waals surface area contributed by atoms with Gasteiger partial charge in [-0.15, -0.1) is 0 Å². The van der Waals surface area contributed by atoms with E-state index >= 15 is 0 Å². The Hall–Kier alpha value is 2.52. The second-order valence-corrected chi connectivity index (χ2v) is 14.1. The number of hydrogen-bond donors (Lipinski definition) is 0. The van der Waals surface area contributed by atoms with Gasteiger partial charge in [-0.1, -0.05) is 0 Å². The molecule has 0 saturated heterocycles. The SMILES string of the molecule is [Bi]=[CH][CH2][Bi]=[Bi]. The fraction of sp³-hybridized carbons (Fsp3) is 0.500. The first-order chi connectivity index (χ1) is 2.41. The Morgan fingerprint density at radius 2 is 2.40 bits per heavy atom. The van der Waals surface area contributed by atoms with Gasteiger partial charge in [0.1, 0.15) is 0 Å². The van der Waals surface area contributed by atoms with Gasteiger partial charge in [0, 0.05) is 0 Å². The maximum atomic E-state index is 2.40. The average Bonchev–Trinajstić information content (AvgIpc) is 1.41. The Labute approximate surface area is 67.5 Å². The molecule has 0 fully saturated rings. The van der Waals surface area contributed by atoms with Crippen LogP contribution < -0.4 is 0 Å². The van der Waals surface area contributed by atoms with E-state index in [-0.39, 0.29) is 17.8 Å². The van der Waals surface area contributed by atoms with Gasteiger partial charge in [-0.05, 0) is 0 Å². The molecule has 0 aromatic rings. The van der Waals surface area contributed by atoms with Crippen LogP contribution >= 0.6 is 0 Å². The zero-order chi connectivity index (χ0) is 4.12. The Bertz CT molecular complexity index is 34.2. The van der Waals surface area contributed by atoms with Gasteiger partial charge in [0.05, 0.1) is 0 Å². The van der Waals surface area contributed by atoms with Crippen LogP contribution in [0.1, 0.15) is 0 Å². The van der Waals surface area contributed by atoms with Crippen molar-refractivity contribution < 1.29 is 0 Å². The number of hydrogen-bond acceptors (Lipinski definition) is 0. The summed E-state index contributed by atoms with van der Waals surface area (Å²) in [4.78, 5) is 0. The molecule has 0 rings (SSSR count). The minimum atomic E-state index is 0.218.